The van der Waals surface area contributed by atoms with Gasteiger partial charge in [0.25, 0.3) is 0 Å². The smallest absolute Gasteiger partial charge is 0.0396 e. The molecule has 0 saturated carbocycles. The van der Waals surface area contributed by atoms with Gasteiger partial charge in [0.1, 0.15) is 0 Å². The molecule has 1 nitrogen and oxygen atoms in total. The number of hydrogen-bond donors (Lipinski definition) is 1. The zero-order valence-electron chi connectivity index (χ0n) is 8.45. The summed E-state index contributed by atoms with van der Waals surface area (Å²) in [6.45, 7) is 7.24. The van der Waals surface area contributed by atoms with Gasteiger partial charge in [-0.25, -0.2) is 0 Å². The molecule has 1 rings (SSSR count). The molecule has 0 aliphatic rings. The molecule has 0 unspecified atom stereocenters. The molecule has 0 bridgehead atoms. The molecule has 72 valence electrons. The average molecular weight is 198 g/mol. The second-order valence-corrected chi connectivity index (χ2v) is 3.67. The molecular formula is C11H16ClN. The molecule has 1 aromatic carbocycles. The molecule has 0 atom stereocenters. The molecule has 13 heavy (non-hydrogen) atoms. The fourth-order valence-corrected chi connectivity index (χ4v) is 1.42. The fraction of sp³-hybridized carbons (Fsp3) is 0.455. The van der Waals surface area contributed by atoms with Crippen LogP contribution in [0.2, 0.25) is 0 Å². The first-order valence-electron chi connectivity index (χ1n) is 4.53. The summed E-state index contributed by atoms with van der Waals surface area (Å²) in [4.78, 5) is 0. The van der Waals surface area contributed by atoms with E-state index in [1.165, 1.54) is 22.4 Å². The Morgan fingerprint density at radius 2 is 1.85 bits per heavy atom. The molecule has 0 radical (unpaired) electrons. The fourth-order valence-electron chi connectivity index (χ4n) is 1.33. The van der Waals surface area contributed by atoms with E-state index in [4.69, 9.17) is 11.6 Å². The summed E-state index contributed by atoms with van der Waals surface area (Å²) in [5, 5.41) is 3.30. The highest BCUT2D eigenvalue weighted by Gasteiger charge is 2.01. The molecule has 0 aromatic heterocycles. The normalized spacial score (nSPS) is 10.2. The minimum atomic E-state index is 0.645. The van der Waals surface area contributed by atoms with Crippen LogP contribution in [0.3, 0.4) is 0 Å². The molecule has 1 N–H and O–H groups in total. The van der Waals surface area contributed by atoms with Crippen LogP contribution in [0.1, 0.15) is 16.7 Å². The minimum Gasteiger partial charge on any atom is -0.384 e. The Morgan fingerprint density at radius 3 is 2.46 bits per heavy atom. The molecule has 2 heteroatoms. The zero-order chi connectivity index (χ0) is 9.84. The maximum Gasteiger partial charge on any atom is 0.0396 e. The van der Waals surface area contributed by atoms with Gasteiger partial charge in [0, 0.05) is 18.1 Å². The highest BCUT2D eigenvalue weighted by molar-refractivity contribution is 6.18. The lowest BCUT2D eigenvalue weighted by atomic mass is 10.0. The van der Waals surface area contributed by atoms with Crippen molar-refractivity contribution in [2.75, 3.05) is 17.7 Å². The van der Waals surface area contributed by atoms with Gasteiger partial charge in [-0.05, 0) is 43.5 Å². The van der Waals surface area contributed by atoms with E-state index < -0.39 is 0 Å². The Balaban J connectivity index is 2.90. The quantitative estimate of drug-likeness (QED) is 0.734. The van der Waals surface area contributed by atoms with Crippen LogP contribution in [0.25, 0.3) is 0 Å². The van der Waals surface area contributed by atoms with Crippen molar-refractivity contribution in [3.63, 3.8) is 0 Å². The third-order valence-corrected chi connectivity index (χ3v) is 2.66. The first-order valence-corrected chi connectivity index (χ1v) is 5.07. The van der Waals surface area contributed by atoms with Crippen LogP contribution in [0.5, 0.6) is 0 Å². The molecule has 1 aromatic rings. The van der Waals surface area contributed by atoms with Crippen molar-refractivity contribution in [2.24, 2.45) is 0 Å². The van der Waals surface area contributed by atoms with E-state index in [9.17, 15) is 0 Å². The second kappa shape index (κ2) is 4.52. The Kier molecular flexibility index (Phi) is 3.61. The standard InChI is InChI=1S/C11H16ClN/c1-8-4-5-11(13-7-6-12)10(3)9(8)2/h4-5,13H,6-7H2,1-3H3. The van der Waals surface area contributed by atoms with Crippen LogP contribution in [0, 0.1) is 20.8 Å². The summed E-state index contributed by atoms with van der Waals surface area (Å²) in [5.41, 5.74) is 5.22. The van der Waals surface area contributed by atoms with E-state index in [0.717, 1.165) is 6.54 Å². The van der Waals surface area contributed by atoms with Gasteiger partial charge in [-0.1, -0.05) is 6.07 Å². The van der Waals surface area contributed by atoms with Crippen molar-refractivity contribution in [2.45, 2.75) is 20.8 Å². The number of rotatable bonds is 3. The lowest BCUT2D eigenvalue weighted by Gasteiger charge is -2.12. The largest absolute Gasteiger partial charge is 0.384 e. The monoisotopic (exact) mass is 197 g/mol. The summed E-state index contributed by atoms with van der Waals surface area (Å²) in [7, 11) is 0. The van der Waals surface area contributed by atoms with Crippen molar-refractivity contribution in [1.82, 2.24) is 0 Å². The second-order valence-electron chi connectivity index (χ2n) is 3.30. The summed E-state index contributed by atoms with van der Waals surface area (Å²) < 4.78 is 0. The van der Waals surface area contributed by atoms with Crippen molar-refractivity contribution in [3.8, 4) is 0 Å². The first kappa shape index (κ1) is 10.4. The molecule has 0 heterocycles. The van der Waals surface area contributed by atoms with Gasteiger partial charge >= 0.3 is 0 Å². The van der Waals surface area contributed by atoms with E-state index in [1.54, 1.807) is 0 Å². The van der Waals surface area contributed by atoms with Crippen LogP contribution in [0.4, 0.5) is 5.69 Å². The van der Waals surface area contributed by atoms with Crippen LogP contribution in [-0.2, 0) is 0 Å². The van der Waals surface area contributed by atoms with Gasteiger partial charge in [0.15, 0.2) is 0 Å². The van der Waals surface area contributed by atoms with Crippen molar-refractivity contribution >= 4 is 17.3 Å². The molecule has 0 spiro atoms. The maximum absolute atomic E-state index is 5.61. The Labute approximate surface area is 85.1 Å². The van der Waals surface area contributed by atoms with E-state index in [1.807, 2.05) is 0 Å². The van der Waals surface area contributed by atoms with Crippen LogP contribution in [0.15, 0.2) is 12.1 Å². The number of nitrogens with one attached hydrogen (secondary N) is 1. The van der Waals surface area contributed by atoms with Crippen LogP contribution in [-0.4, -0.2) is 12.4 Å². The topological polar surface area (TPSA) is 12.0 Å². The molecule has 0 fully saturated rings. The number of anilines is 1. The van der Waals surface area contributed by atoms with Crippen molar-refractivity contribution in [3.05, 3.63) is 28.8 Å². The molecule has 0 saturated heterocycles. The number of alkyl halides is 1. The highest BCUT2D eigenvalue weighted by Crippen LogP contribution is 2.21. The molecule has 0 amide bonds. The van der Waals surface area contributed by atoms with Gasteiger partial charge in [-0.15, -0.1) is 11.6 Å². The van der Waals surface area contributed by atoms with Crippen molar-refractivity contribution in [1.29, 1.82) is 0 Å². The zero-order valence-corrected chi connectivity index (χ0v) is 9.20. The maximum atomic E-state index is 5.61. The minimum absolute atomic E-state index is 0.645. The Hall–Kier alpha value is -0.690. The Bertz CT molecular complexity index is 294. The van der Waals surface area contributed by atoms with Gasteiger partial charge in [-0.2, -0.15) is 0 Å². The van der Waals surface area contributed by atoms with Gasteiger partial charge in [0.2, 0.25) is 0 Å². The lowest BCUT2D eigenvalue weighted by Crippen LogP contribution is -2.05. The van der Waals surface area contributed by atoms with E-state index in [-0.39, 0.29) is 0 Å². The molecule has 0 aliphatic heterocycles. The highest BCUT2D eigenvalue weighted by atomic mass is 35.5. The number of aryl methyl sites for hydroxylation is 1. The lowest BCUT2D eigenvalue weighted by molar-refractivity contribution is 1.18. The number of benzene rings is 1. The van der Waals surface area contributed by atoms with Gasteiger partial charge in [0.05, 0.1) is 0 Å². The summed E-state index contributed by atoms with van der Waals surface area (Å²) in [6.07, 6.45) is 0. The van der Waals surface area contributed by atoms with Crippen molar-refractivity contribution < 1.29 is 0 Å². The van der Waals surface area contributed by atoms with Gasteiger partial charge < -0.3 is 5.32 Å². The average Bonchev–Trinajstić information content (AvgIpc) is 2.13. The third kappa shape index (κ3) is 2.38. The summed E-state index contributed by atoms with van der Waals surface area (Å²) in [6, 6.07) is 4.25. The number of hydrogen-bond acceptors (Lipinski definition) is 1. The van der Waals surface area contributed by atoms with Crippen LogP contribution < -0.4 is 5.32 Å². The summed E-state index contributed by atoms with van der Waals surface area (Å²) >= 11 is 5.61. The molecular weight excluding hydrogens is 182 g/mol. The van der Waals surface area contributed by atoms with E-state index >= 15 is 0 Å². The first-order chi connectivity index (χ1) is 6.16. The summed E-state index contributed by atoms with van der Waals surface area (Å²) in [5.74, 6) is 0.645. The predicted octanol–water partition coefficient (Wildman–Crippen LogP) is 3.26. The number of halogens is 1. The predicted molar refractivity (Wildman–Crippen MR) is 59.9 cm³/mol. The van der Waals surface area contributed by atoms with E-state index in [0.29, 0.717) is 5.88 Å². The van der Waals surface area contributed by atoms with Crippen LogP contribution >= 0.6 is 11.6 Å². The van der Waals surface area contributed by atoms with Gasteiger partial charge in [-0.3, -0.25) is 0 Å². The SMILES string of the molecule is Cc1ccc(NCCCl)c(C)c1C. The third-order valence-electron chi connectivity index (χ3n) is 2.47. The van der Waals surface area contributed by atoms with E-state index in [2.05, 4.69) is 38.2 Å². The Morgan fingerprint density at radius 1 is 1.15 bits per heavy atom. The molecule has 0 aliphatic carbocycles.